The summed E-state index contributed by atoms with van der Waals surface area (Å²) in [6.45, 7) is 4.87. The Hall–Kier alpha value is -2.54. The van der Waals surface area contributed by atoms with Crippen LogP contribution in [0, 0.1) is 19.3 Å². The minimum absolute atomic E-state index is 0.140. The average Bonchev–Trinajstić information content (AvgIpc) is 3.08. The maximum Gasteiger partial charge on any atom is 0.276 e. The molecule has 2 aromatic rings. The molecule has 3 rings (SSSR count). The van der Waals surface area contributed by atoms with E-state index < -0.39 is 11.3 Å². The van der Waals surface area contributed by atoms with Gasteiger partial charge >= 0.3 is 0 Å². The van der Waals surface area contributed by atoms with E-state index in [1.807, 2.05) is 13.0 Å². The summed E-state index contributed by atoms with van der Waals surface area (Å²) in [6, 6.07) is 7.03. The summed E-state index contributed by atoms with van der Waals surface area (Å²) >= 11 is 6.07. The second kappa shape index (κ2) is 8.22. The van der Waals surface area contributed by atoms with Crippen molar-refractivity contribution in [3.05, 3.63) is 46.3 Å². The van der Waals surface area contributed by atoms with Crippen LogP contribution in [-0.4, -0.2) is 41.6 Å². The summed E-state index contributed by atoms with van der Waals surface area (Å²) < 4.78 is 11.0. The predicted molar refractivity (Wildman–Crippen MR) is 104 cm³/mol. The number of rotatable bonds is 6. The van der Waals surface area contributed by atoms with Crippen molar-refractivity contribution < 1.29 is 18.8 Å². The lowest BCUT2D eigenvalue weighted by Gasteiger charge is -2.41. The molecular weight excluding hydrogens is 382 g/mol. The molecule has 0 aliphatic carbocycles. The van der Waals surface area contributed by atoms with E-state index in [4.69, 9.17) is 26.6 Å². The smallest absolute Gasteiger partial charge is 0.276 e. The van der Waals surface area contributed by atoms with E-state index in [9.17, 15) is 9.59 Å². The zero-order valence-electron chi connectivity index (χ0n) is 16.0. The van der Waals surface area contributed by atoms with Gasteiger partial charge in [0, 0.05) is 36.0 Å². The fourth-order valence-corrected chi connectivity index (χ4v) is 3.75. The summed E-state index contributed by atoms with van der Waals surface area (Å²) in [5.41, 5.74) is 6.14. The van der Waals surface area contributed by atoms with Crippen LogP contribution in [0.25, 0.3) is 0 Å². The third-order valence-electron chi connectivity index (χ3n) is 5.02. The fourth-order valence-electron chi connectivity index (χ4n) is 3.64. The molecule has 1 unspecified atom stereocenters. The van der Waals surface area contributed by atoms with Gasteiger partial charge in [0.15, 0.2) is 5.69 Å². The number of amides is 2. The number of halogens is 1. The zero-order chi connectivity index (χ0) is 20.3. The van der Waals surface area contributed by atoms with Gasteiger partial charge in [0.2, 0.25) is 5.91 Å². The van der Waals surface area contributed by atoms with E-state index in [2.05, 4.69) is 5.16 Å². The van der Waals surface area contributed by atoms with Crippen molar-refractivity contribution in [2.75, 3.05) is 19.7 Å². The highest BCUT2D eigenvalue weighted by molar-refractivity contribution is 6.31. The molecule has 1 fully saturated rings. The molecule has 1 aromatic heterocycles. The first-order valence-electron chi connectivity index (χ1n) is 9.18. The summed E-state index contributed by atoms with van der Waals surface area (Å²) in [4.78, 5) is 26.2. The van der Waals surface area contributed by atoms with Gasteiger partial charge in [-0.3, -0.25) is 9.59 Å². The van der Waals surface area contributed by atoms with Crippen LogP contribution in [0.4, 0.5) is 0 Å². The third-order valence-corrected chi connectivity index (χ3v) is 5.44. The second-order valence-electron chi connectivity index (χ2n) is 7.50. The van der Waals surface area contributed by atoms with Crippen molar-refractivity contribution in [1.29, 1.82) is 0 Å². The molecule has 2 heterocycles. The Morgan fingerprint density at radius 2 is 2.14 bits per heavy atom. The van der Waals surface area contributed by atoms with E-state index in [1.54, 1.807) is 30.0 Å². The van der Waals surface area contributed by atoms with Gasteiger partial charge in [-0.1, -0.05) is 16.8 Å². The highest BCUT2D eigenvalue weighted by Crippen LogP contribution is 2.35. The molecule has 1 aliphatic heterocycles. The molecule has 1 atom stereocenters. The Bertz CT molecular complexity index is 882. The number of hydrogen-bond acceptors (Lipinski definition) is 5. The number of nitrogens with zero attached hydrogens (tertiary/aromatic N) is 2. The van der Waals surface area contributed by atoms with E-state index in [0.717, 1.165) is 18.4 Å². The van der Waals surface area contributed by atoms with Gasteiger partial charge in [-0.05, 0) is 50.5 Å². The largest absolute Gasteiger partial charge is 0.493 e. The summed E-state index contributed by atoms with van der Waals surface area (Å²) in [6.07, 6.45) is 1.63. The van der Waals surface area contributed by atoms with Crippen LogP contribution in [0.5, 0.6) is 5.75 Å². The van der Waals surface area contributed by atoms with Gasteiger partial charge in [-0.2, -0.15) is 0 Å². The molecule has 1 aliphatic rings. The van der Waals surface area contributed by atoms with Crippen LogP contribution in [0.2, 0.25) is 5.02 Å². The Morgan fingerprint density at radius 1 is 1.36 bits per heavy atom. The Balaban J connectivity index is 1.76. The molecule has 2 amide bonds. The van der Waals surface area contributed by atoms with Crippen LogP contribution in [0.15, 0.2) is 28.8 Å². The first kappa shape index (κ1) is 20.2. The molecule has 0 saturated carbocycles. The lowest BCUT2D eigenvalue weighted by atomic mass is 9.77. The molecule has 150 valence electrons. The SMILES string of the molecule is Cc1cc(C(=O)N2CCCC(COc3ccc(Cl)c(C)c3)(CC(N)=O)C2)no1. The van der Waals surface area contributed by atoms with Gasteiger partial charge < -0.3 is 19.9 Å². The number of aryl methyl sites for hydroxylation is 2. The number of likely N-dealkylation sites (tertiary alicyclic amines) is 1. The standard InChI is InChI=1S/C20H24ClN3O4/c1-13-8-15(4-5-16(13)21)27-12-20(10-18(22)25)6-3-7-24(11-20)19(26)17-9-14(2)28-23-17/h4-5,8-9H,3,6-7,10-12H2,1-2H3,(H2,22,25). The van der Waals surface area contributed by atoms with Crippen molar-refractivity contribution in [3.63, 3.8) is 0 Å². The third kappa shape index (κ3) is 4.65. The summed E-state index contributed by atoms with van der Waals surface area (Å²) in [5.74, 6) is 0.613. The zero-order valence-corrected chi connectivity index (χ0v) is 16.8. The van der Waals surface area contributed by atoms with Gasteiger partial charge in [0.05, 0.1) is 6.61 Å². The van der Waals surface area contributed by atoms with E-state index in [1.165, 1.54) is 0 Å². The minimum atomic E-state index is -0.550. The monoisotopic (exact) mass is 405 g/mol. The van der Waals surface area contributed by atoms with Gasteiger partial charge in [-0.25, -0.2) is 0 Å². The second-order valence-corrected chi connectivity index (χ2v) is 7.90. The van der Waals surface area contributed by atoms with Crippen LogP contribution in [0.3, 0.4) is 0 Å². The topological polar surface area (TPSA) is 98.7 Å². The van der Waals surface area contributed by atoms with Crippen molar-refractivity contribution in [2.45, 2.75) is 33.1 Å². The number of nitrogens with two attached hydrogens (primary N) is 1. The molecule has 1 saturated heterocycles. The molecule has 0 spiro atoms. The highest BCUT2D eigenvalue weighted by atomic mass is 35.5. The normalized spacial score (nSPS) is 19.5. The summed E-state index contributed by atoms with van der Waals surface area (Å²) in [7, 11) is 0. The fraction of sp³-hybridized carbons (Fsp3) is 0.450. The van der Waals surface area contributed by atoms with Crippen molar-refractivity contribution in [3.8, 4) is 5.75 Å². The summed E-state index contributed by atoms with van der Waals surface area (Å²) in [5, 5.41) is 4.47. The van der Waals surface area contributed by atoms with E-state index in [-0.39, 0.29) is 24.6 Å². The molecule has 28 heavy (non-hydrogen) atoms. The first-order chi connectivity index (χ1) is 13.3. The lowest BCUT2D eigenvalue weighted by molar-refractivity contribution is -0.122. The highest BCUT2D eigenvalue weighted by Gasteiger charge is 2.40. The number of hydrogen-bond donors (Lipinski definition) is 1. The number of benzene rings is 1. The van der Waals surface area contributed by atoms with Gasteiger partial charge in [0.1, 0.15) is 11.5 Å². The number of ether oxygens (including phenoxy) is 1. The number of aromatic nitrogens is 1. The number of primary amides is 1. The quantitative estimate of drug-likeness (QED) is 0.796. The molecule has 2 N–H and O–H groups in total. The van der Waals surface area contributed by atoms with Crippen LogP contribution in [-0.2, 0) is 4.79 Å². The van der Waals surface area contributed by atoms with Crippen molar-refractivity contribution in [2.24, 2.45) is 11.1 Å². The Labute approximate surface area is 168 Å². The van der Waals surface area contributed by atoms with Gasteiger partial charge in [0.25, 0.3) is 5.91 Å². The predicted octanol–water partition coefficient (Wildman–Crippen LogP) is 3.12. The molecule has 1 aromatic carbocycles. The first-order valence-corrected chi connectivity index (χ1v) is 9.56. The molecule has 0 radical (unpaired) electrons. The number of piperidine rings is 1. The molecular formula is C20H24ClN3O4. The number of carbonyl (C=O) groups is 2. The minimum Gasteiger partial charge on any atom is -0.493 e. The average molecular weight is 406 g/mol. The van der Waals surface area contributed by atoms with Crippen molar-refractivity contribution >= 4 is 23.4 Å². The van der Waals surface area contributed by atoms with Gasteiger partial charge in [-0.15, -0.1) is 0 Å². The maximum absolute atomic E-state index is 12.8. The van der Waals surface area contributed by atoms with Crippen LogP contribution >= 0.6 is 11.6 Å². The molecule has 7 nitrogen and oxygen atoms in total. The van der Waals surface area contributed by atoms with Crippen LogP contribution < -0.4 is 10.5 Å². The molecule has 0 bridgehead atoms. The maximum atomic E-state index is 12.8. The molecule has 8 heteroatoms. The lowest BCUT2D eigenvalue weighted by Crippen LogP contribution is -2.50. The number of carbonyl (C=O) groups excluding carboxylic acids is 2. The Morgan fingerprint density at radius 3 is 2.79 bits per heavy atom. The van der Waals surface area contributed by atoms with Crippen molar-refractivity contribution in [1.82, 2.24) is 10.1 Å². The Kier molecular flexibility index (Phi) is 5.93. The van der Waals surface area contributed by atoms with E-state index in [0.29, 0.717) is 29.6 Å². The van der Waals surface area contributed by atoms with E-state index >= 15 is 0 Å². The van der Waals surface area contributed by atoms with Crippen LogP contribution in [0.1, 0.15) is 41.1 Å².